The fraction of sp³-hybridized carbons (Fsp3) is 0.917. The van der Waals surface area contributed by atoms with Crippen LogP contribution in [0.1, 0.15) is 20.3 Å². The van der Waals surface area contributed by atoms with E-state index in [9.17, 15) is 4.79 Å². The molecule has 0 bridgehead atoms. The van der Waals surface area contributed by atoms with Gasteiger partial charge in [0, 0.05) is 38.7 Å². The first-order valence-electron chi connectivity index (χ1n) is 6.44. The van der Waals surface area contributed by atoms with Gasteiger partial charge in [-0.2, -0.15) is 0 Å². The van der Waals surface area contributed by atoms with Crippen LogP contribution in [0.25, 0.3) is 0 Å². The molecule has 1 atom stereocenters. The highest BCUT2D eigenvalue weighted by Crippen LogP contribution is 2.02. The highest BCUT2D eigenvalue weighted by molar-refractivity contribution is 5.85. The molecule has 0 aromatic heterocycles. The van der Waals surface area contributed by atoms with Gasteiger partial charge in [-0.1, -0.05) is 0 Å². The highest BCUT2D eigenvalue weighted by atomic mass is 35.5. The zero-order valence-electron chi connectivity index (χ0n) is 11.3. The standard InChI is InChI=1S/C12H24N2O3.ClH/c1-3-14(6-8-16-4-2)12(15)9-11-10-17-7-5-13-11;/h11,13H,3-10H2,1-2H3;1H. The van der Waals surface area contributed by atoms with Crippen LogP contribution in [0.4, 0.5) is 0 Å². The van der Waals surface area contributed by atoms with Gasteiger partial charge < -0.3 is 19.7 Å². The molecule has 1 amide bonds. The van der Waals surface area contributed by atoms with Crippen LogP contribution in [0.5, 0.6) is 0 Å². The van der Waals surface area contributed by atoms with Crippen molar-refractivity contribution in [2.45, 2.75) is 26.3 Å². The molecular formula is C12H25ClN2O3. The molecule has 0 spiro atoms. The molecule has 6 heteroatoms. The summed E-state index contributed by atoms with van der Waals surface area (Å²) in [5.41, 5.74) is 0. The monoisotopic (exact) mass is 280 g/mol. The van der Waals surface area contributed by atoms with Gasteiger partial charge in [0.15, 0.2) is 0 Å². The number of nitrogens with one attached hydrogen (secondary N) is 1. The molecule has 1 aliphatic rings. The van der Waals surface area contributed by atoms with Crippen molar-refractivity contribution in [2.24, 2.45) is 0 Å². The van der Waals surface area contributed by atoms with Crippen molar-refractivity contribution in [1.29, 1.82) is 0 Å². The number of amides is 1. The summed E-state index contributed by atoms with van der Waals surface area (Å²) in [5.74, 6) is 0.176. The van der Waals surface area contributed by atoms with Gasteiger partial charge in [0.1, 0.15) is 0 Å². The van der Waals surface area contributed by atoms with Gasteiger partial charge in [0.25, 0.3) is 0 Å². The molecule has 5 nitrogen and oxygen atoms in total. The maximum Gasteiger partial charge on any atom is 0.224 e. The van der Waals surface area contributed by atoms with Crippen LogP contribution in [0.2, 0.25) is 0 Å². The lowest BCUT2D eigenvalue weighted by molar-refractivity contribution is -0.133. The molecule has 0 saturated carbocycles. The van der Waals surface area contributed by atoms with Crippen LogP contribution >= 0.6 is 12.4 Å². The maximum absolute atomic E-state index is 12.0. The van der Waals surface area contributed by atoms with Gasteiger partial charge in [0.05, 0.1) is 19.8 Å². The lowest BCUT2D eigenvalue weighted by atomic mass is 10.2. The van der Waals surface area contributed by atoms with Crippen molar-refractivity contribution in [2.75, 3.05) is 46.1 Å². The molecule has 0 radical (unpaired) electrons. The molecule has 108 valence electrons. The minimum absolute atomic E-state index is 0. The zero-order chi connectivity index (χ0) is 12.5. The van der Waals surface area contributed by atoms with Crippen molar-refractivity contribution < 1.29 is 14.3 Å². The third kappa shape index (κ3) is 6.54. The van der Waals surface area contributed by atoms with Crippen molar-refractivity contribution in [3.05, 3.63) is 0 Å². The molecule has 1 N–H and O–H groups in total. The molecule has 0 aromatic carbocycles. The van der Waals surface area contributed by atoms with Crippen LogP contribution in [0.3, 0.4) is 0 Å². The predicted octanol–water partition coefficient (Wildman–Crippen LogP) is 0.672. The van der Waals surface area contributed by atoms with Gasteiger partial charge in [-0.05, 0) is 13.8 Å². The Balaban J connectivity index is 0.00000289. The van der Waals surface area contributed by atoms with Crippen LogP contribution in [0.15, 0.2) is 0 Å². The van der Waals surface area contributed by atoms with Gasteiger partial charge in [-0.15, -0.1) is 12.4 Å². The molecule has 1 heterocycles. The average molecular weight is 281 g/mol. The summed E-state index contributed by atoms with van der Waals surface area (Å²) in [5, 5.41) is 3.29. The highest BCUT2D eigenvalue weighted by Gasteiger charge is 2.20. The smallest absolute Gasteiger partial charge is 0.224 e. The number of hydrogen-bond acceptors (Lipinski definition) is 4. The quantitative estimate of drug-likeness (QED) is 0.697. The fourth-order valence-electron chi connectivity index (χ4n) is 1.87. The Morgan fingerprint density at radius 2 is 2.28 bits per heavy atom. The molecule has 18 heavy (non-hydrogen) atoms. The van der Waals surface area contributed by atoms with Gasteiger partial charge in [0.2, 0.25) is 5.91 Å². The summed E-state index contributed by atoms with van der Waals surface area (Å²) in [7, 11) is 0. The second kappa shape index (κ2) is 10.6. The molecular weight excluding hydrogens is 256 g/mol. The Morgan fingerprint density at radius 1 is 1.50 bits per heavy atom. The third-order valence-corrected chi connectivity index (χ3v) is 2.86. The number of likely N-dealkylation sites (N-methyl/N-ethyl adjacent to an activating group) is 1. The van der Waals surface area contributed by atoms with E-state index in [1.807, 2.05) is 18.7 Å². The van der Waals surface area contributed by atoms with Gasteiger partial charge in [-0.25, -0.2) is 0 Å². The Morgan fingerprint density at radius 3 is 2.83 bits per heavy atom. The normalized spacial score (nSPS) is 19.1. The molecule has 0 aliphatic carbocycles. The number of nitrogens with zero attached hydrogens (tertiary/aromatic N) is 1. The third-order valence-electron chi connectivity index (χ3n) is 2.86. The van der Waals surface area contributed by atoms with Crippen molar-refractivity contribution in [3.63, 3.8) is 0 Å². The van der Waals surface area contributed by atoms with E-state index in [4.69, 9.17) is 9.47 Å². The number of carbonyl (C=O) groups is 1. The van der Waals surface area contributed by atoms with Crippen LogP contribution in [-0.4, -0.2) is 62.9 Å². The molecule has 1 rings (SSSR count). The van der Waals surface area contributed by atoms with E-state index in [2.05, 4.69) is 5.32 Å². The fourth-order valence-corrected chi connectivity index (χ4v) is 1.87. The average Bonchev–Trinajstić information content (AvgIpc) is 2.36. The van der Waals surface area contributed by atoms with Crippen LogP contribution in [-0.2, 0) is 14.3 Å². The summed E-state index contributed by atoms with van der Waals surface area (Å²) in [4.78, 5) is 13.9. The number of hydrogen-bond donors (Lipinski definition) is 1. The minimum atomic E-state index is 0. The first kappa shape index (κ1) is 17.6. The van der Waals surface area contributed by atoms with E-state index >= 15 is 0 Å². The lowest BCUT2D eigenvalue weighted by Crippen LogP contribution is -2.45. The van der Waals surface area contributed by atoms with Crippen molar-refractivity contribution >= 4 is 18.3 Å². The Bertz CT molecular complexity index is 223. The Labute approximate surface area is 116 Å². The lowest BCUT2D eigenvalue weighted by Gasteiger charge is -2.27. The Kier molecular flexibility index (Phi) is 10.3. The number of carbonyl (C=O) groups excluding carboxylic acids is 1. The summed E-state index contributed by atoms with van der Waals surface area (Å²) in [6.07, 6.45) is 0.514. The van der Waals surface area contributed by atoms with E-state index < -0.39 is 0 Å². The van der Waals surface area contributed by atoms with Crippen molar-refractivity contribution in [3.8, 4) is 0 Å². The first-order chi connectivity index (χ1) is 8.27. The number of halogens is 1. The van der Waals surface area contributed by atoms with E-state index in [-0.39, 0.29) is 24.4 Å². The second-order valence-corrected chi connectivity index (χ2v) is 4.10. The summed E-state index contributed by atoms with van der Waals surface area (Å²) in [6.45, 7) is 8.89. The second-order valence-electron chi connectivity index (χ2n) is 4.10. The Hall–Kier alpha value is -0.360. The largest absolute Gasteiger partial charge is 0.380 e. The summed E-state index contributed by atoms with van der Waals surface area (Å²) >= 11 is 0. The molecule has 1 saturated heterocycles. The number of ether oxygens (including phenoxy) is 2. The van der Waals surface area contributed by atoms with Crippen LogP contribution in [0, 0.1) is 0 Å². The first-order valence-corrected chi connectivity index (χ1v) is 6.44. The number of morpholine rings is 1. The summed E-state index contributed by atoms with van der Waals surface area (Å²) < 4.78 is 10.6. The minimum Gasteiger partial charge on any atom is -0.380 e. The maximum atomic E-state index is 12.0. The molecule has 0 aromatic rings. The van der Waals surface area contributed by atoms with E-state index in [0.717, 1.165) is 19.7 Å². The molecule has 1 fully saturated rings. The van der Waals surface area contributed by atoms with Gasteiger partial charge in [-0.3, -0.25) is 4.79 Å². The zero-order valence-corrected chi connectivity index (χ0v) is 12.1. The van der Waals surface area contributed by atoms with E-state index in [1.165, 1.54) is 0 Å². The molecule has 1 aliphatic heterocycles. The summed E-state index contributed by atoms with van der Waals surface area (Å²) in [6, 6.07) is 0.164. The topological polar surface area (TPSA) is 50.8 Å². The van der Waals surface area contributed by atoms with Gasteiger partial charge >= 0.3 is 0 Å². The van der Waals surface area contributed by atoms with E-state index in [0.29, 0.717) is 32.8 Å². The van der Waals surface area contributed by atoms with E-state index in [1.54, 1.807) is 0 Å². The predicted molar refractivity (Wildman–Crippen MR) is 73.2 cm³/mol. The SMILES string of the molecule is CCOCCN(CC)C(=O)CC1COCCN1.Cl. The molecule has 1 unspecified atom stereocenters. The number of rotatable bonds is 7. The van der Waals surface area contributed by atoms with Crippen molar-refractivity contribution in [1.82, 2.24) is 10.2 Å². The van der Waals surface area contributed by atoms with Crippen LogP contribution < -0.4 is 5.32 Å².